The number of amides is 1. The summed E-state index contributed by atoms with van der Waals surface area (Å²) < 4.78 is 6.92. The second kappa shape index (κ2) is 9.27. The molecule has 9 nitrogen and oxygen atoms in total. The molecule has 0 saturated carbocycles. The summed E-state index contributed by atoms with van der Waals surface area (Å²) in [5.74, 6) is 6.48. The lowest BCUT2D eigenvalue weighted by Gasteiger charge is -2.40. The molecule has 0 aliphatic carbocycles. The molecule has 1 aliphatic heterocycles. The Morgan fingerprint density at radius 1 is 1.23 bits per heavy atom. The van der Waals surface area contributed by atoms with E-state index >= 15 is 0 Å². The minimum atomic E-state index is -0.557. The quantitative estimate of drug-likeness (QED) is 0.525. The molecule has 3 heterocycles. The molecule has 4 rings (SSSR count). The van der Waals surface area contributed by atoms with Gasteiger partial charge in [-0.15, -0.1) is 0 Å². The molecule has 0 bridgehead atoms. The second-order valence-electron chi connectivity index (χ2n) is 9.98. The van der Waals surface area contributed by atoms with E-state index in [1.54, 1.807) is 13.1 Å². The number of nitrogens with zero attached hydrogens (tertiary/aromatic N) is 4. The van der Waals surface area contributed by atoms with Gasteiger partial charge in [0.1, 0.15) is 16.7 Å². The van der Waals surface area contributed by atoms with Gasteiger partial charge in [-0.05, 0) is 58.6 Å². The van der Waals surface area contributed by atoms with E-state index in [1.807, 2.05) is 50.8 Å². The Morgan fingerprint density at radius 2 is 1.91 bits per heavy atom. The van der Waals surface area contributed by atoms with E-state index in [0.29, 0.717) is 59.2 Å². The molecule has 0 atom stereocenters. The van der Waals surface area contributed by atoms with E-state index in [4.69, 9.17) is 16.3 Å². The number of H-pyrrole nitrogens is 1. The summed E-state index contributed by atoms with van der Waals surface area (Å²) in [5, 5.41) is 10.9. The average Bonchev–Trinajstić information content (AvgIpc) is 3.18. The lowest BCUT2D eigenvalue weighted by molar-refractivity contribution is 0.0448. The summed E-state index contributed by atoms with van der Waals surface area (Å²) in [6, 6.07) is 7.25. The number of benzene rings is 1. The van der Waals surface area contributed by atoms with Crippen molar-refractivity contribution in [3.8, 4) is 11.8 Å². The molecule has 10 heteroatoms. The summed E-state index contributed by atoms with van der Waals surface area (Å²) in [6.45, 7) is 8.74. The molecule has 1 aliphatic rings. The zero-order valence-electron chi connectivity index (χ0n) is 20.5. The van der Waals surface area contributed by atoms with Crippen molar-refractivity contribution in [3.05, 3.63) is 50.9 Å². The number of anilines is 1. The molecule has 2 aromatic heterocycles. The van der Waals surface area contributed by atoms with Gasteiger partial charge in [0, 0.05) is 31.2 Å². The van der Waals surface area contributed by atoms with Crippen LogP contribution in [-0.4, -0.2) is 50.1 Å². The van der Waals surface area contributed by atoms with Gasteiger partial charge in [-0.3, -0.25) is 14.5 Å². The number of halogens is 1. The van der Waals surface area contributed by atoms with Gasteiger partial charge in [0.2, 0.25) is 5.95 Å². The van der Waals surface area contributed by atoms with Gasteiger partial charge in [-0.1, -0.05) is 29.7 Å². The predicted molar refractivity (Wildman–Crippen MR) is 136 cm³/mol. The van der Waals surface area contributed by atoms with Gasteiger partial charge in [0.15, 0.2) is 5.65 Å². The third-order valence-corrected chi connectivity index (χ3v) is 6.25. The Hall–Kier alpha value is -3.51. The van der Waals surface area contributed by atoms with Crippen LogP contribution in [0.25, 0.3) is 11.0 Å². The smallest absolute Gasteiger partial charge is 0.408 e. The van der Waals surface area contributed by atoms with Gasteiger partial charge in [0.25, 0.3) is 5.56 Å². The van der Waals surface area contributed by atoms with Crippen molar-refractivity contribution in [3.63, 3.8) is 0 Å². The molecule has 1 fully saturated rings. The standard InChI is InChI=1S/C25H29ClN6O3/c1-24(2,3)35-23(34)28-25(4)12-14-32(15-13-25)22-27-20-19(21(33)31(22)5)18(29-30-20)11-10-16-8-6-7-9-17(16)26/h6-9H,12-15H2,1-5H3,(H,28,34)(H,29,30). The maximum atomic E-state index is 13.2. The zero-order valence-corrected chi connectivity index (χ0v) is 21.3. The Kier molecular flexibility index (Phi) is 6.52. The van der Waals surface area contributed by atoms with E-state index < -0.39 is 17.2 Å². The molecule has 35 heavy (non-hydrogen) atoms. The Bertz CT molecular complexity index is 1380. The highest BCUT2D eigenvalue weighted by Crippen LogP contribution is 2.26. The van der Waals surface area contributed by atoms with Crippen molar-refractivity contribution < 1.29 is 9.53 Å². The number of fused-ring (bicyclic) bond motifs is 1. The summed E-state index contributed by atoms with van der Waals surface area (Å²) in [6.07, 6.45) is 0.923. The third kappa shape index (κ3) is 5.43. The van der Waals surface area contributed by atoms with E-state index in [1.165, 1.54) is 4.57 Å². The fraction of sp³-hybridized carbons (Fsp3) is 0.440. The fourth-order valence-electron chi connectivity index (χ4n) is 3.99. The van der Waals surface area contributed by atoms with Gasteiger partial charge in [-0.25, -0.2) is 4.79 Å². The Labute approximate surface area is 208 Å². The number of carbonyl (C=O) groups is 1. The molecule has 1 aromatic carbocycles. The van der Waals surface area contributed by atoms with Gasteiger partial charge in [0.05, 0.1) is 5.02 Å². The predicted octanol–water partition coefficient (Wildman–Crippen LogP) is 3.59. The molecule has 0 spiro atoms. The van der Waals surface area contributed by atoms with Crippen LogP contribution in [0, 0.1) is 11.8 Å². The topological polar surface area (TPSA) is 105 Å². The van der Waals surface area contributed by atoms with Crippen LogP contribution >= 0.6 is 11.6 Å². The molecular weight excluding hydrogens is 468 g/mol. The molecule has 0 radical (unpaired) electrons. The molecule has 0 unspecified atom stereocenters. The first-order chi connectivity index (χ1) is 16.5. The molecule has 2 N–H and O–H groups in total. The van der Waals surface area contributed by atoms with E-state index in [-0.39, 0.29) is 5.56 Å². The first-order valence-electron chi connectivity index (χ1n) is 11.4. The van der Waals surface area contributed by atoms with Crippen molar-refractivity contribution in [2.45, 2.75) is 51.7 Å². The number of carbonyl (C=O) groups excluding carboxylic acids is 1. The molecule has 1 saturated heterocycles. The number of rotatable bonds is 2. The largest absolute Gasteiger partial charge is 0.444 e. The van der Waals surface area contributed by atoms with Crippen LogP contribution in [0.2, 0.25) is 5.02 Å². The van der Waals surface area contributed by atoms with Crippen LogP contribution in [0.1, 0.15) is 51.8 Å². The van der Waals surface area contributed by atoms with Crippen LogP contribution in [0.4, 0.5) is 10.7 Å². The SMILES string of the molecule is Cn1c(N2CCC(C)(NC(=O)OC(C)(C)C)CC2)nc2n[nH]c(C#Cc3ccccc3Cl)c2c1=O. The van der Waals surface area contributed by atoms with Crippen molar-refractivity contribution in [1.29, 1.82) is 0 Å². The number of hydrogen-bond acceptors (Lipinski definition) is 6. The van der Waals surface area contributed by atoms with E-state index in [0.717, 1.165) is 0 Å². The molecule has 3 aromatic rings. The average molecular weight is 497 g/mol. The number of ether oxygens (including phenoxy) is 1. The third-order valence-electron chi connectivity index (χ3n) is 5.92. The maximum absolute atomic E-state index is 13.2. The fourth-order valence-corrected chi connectivity index (χ4v) is 4.17. The monoisotopic (exact) mass is 496 g/mol. The first kappa shape index (κ1) is 24.6. The number of alkyl carbamates (subject to hydrolysis) is 1. The first-order valence-corrected chi connectivity index (χ1v) is 11.8. The Morgan fingerprint density at radius 3 is 2.57 bits per heavy atom. The highest BCUT2D eigenvalue weighted by molar-refractivity contribution is 6.31. The van der Waals surface area contributed by atoms with Gasteiger partial charge < -0.3 is 15.0 Å². The van der Waals surface area contributed by atoms with Crippen molar-refractivity contribution in [2.24, 2.45) is 7.05 Å². The van der Waals surface area contributed by atoms with Crippen LogP contribution in [-0.2, 0) is 11.8 Å². The molecular formula is C25H29ClN6O3. The Balaban J connectivity index is 1.54. The minimum Gasteiger partial charge on any atom is -0.444 e. The van der Waals surface area contributed by atoms with Crippen LogP contribution in [0.3, 0.4) is 0 Å². The molecule has 1 amide bonds. The number of aromatic nitrogens is 4. The number of piperidine rings is 1. The van der Waals surface area contributed by atoms with E-state index in [2.05, 4.69) is 32.3 Å². The van der Waals surface area contributed by atoms with Crippen molar-refractivity contribution >= 4 is 34.7 Å². The lowest BCUT2D eigenvalue weighted by atomic mass is 9.90. The normalized spacial score (nSPS) is 15.4. The number of aromatic amines is 1. The summed E-state index contributed by atoms with van der Waals surface area (Å²) in [5.41, 5.74) is 0.172. The number of hydrogen-bond donors (Lipinski definition) is 2. The number of nitrogens with one attached hydrogen (secondary N) is 2. The summed E-state index contributed by atoms with van der Waals surface area (Å²) >= 11 is 6.18. The van der Waals surface area contributed by atoms with Crippen LogP contribution in [0.15, 0.2) is 29.1 Å². The van der Waals surface area contributed by atoms with Crippen molar-refractivity contribution in [1.82, 2.24) is 25.1 Å². The summed E-state index contributed by atoms with van der Waals surface area (Å²) in [7, 11) is 1.69. The van der Waals surface area contributed by atoms with Crippen LogP contribution < -0.4 is 15.8 Å². The van der Waals surface area contributed by atoms with Crippen LogP contribution in [0.5, 0.6) is 0 Å². The second-order valence-corrected chi connectivity index (χ2v) is 10.4. The highest BCUT2D eigenvalue weighted by Gasteiger charge is 2.34. The lowest BCUT2D eigenvalue weighted by Crippen LogP contribution is -2.55. The summed E-state index contributed by atoms with van der Waals surface area (Å²) in [4.78, 5) is 32.2. The maximum Gasteiger partial charge on any atom is 0.408 e. The zero-order chi connectivity index (χ0) is 25.4. The van der Waals surface area contributed by atoms with E-state index in [9.17, 15) is 9.59 Å². The van der Waals surface area contributed by atoms with Gasteiger partial charge >= 0.3 is 6.09 Å². The minimum absolute atomic E-state index is 0.234. The highest BCUT2D eigenvalue weighted by atomic mass is 35.5. The van der Waals surface area contributed by atoms with Gasteiger partial charge in [-0.2, -0.15) is 10.1 Å². The van der Waals surface area contributed by atoms with Crippen molar-refractivity contribution in [2.75, 3.05) is 18.0 Å². The molecule has 184 valence electrons.